The van der Waals surface area contributed by atoms with Crippen molar-refractivity contribution >= 4 is 35.9 Å². The maximum atomic E-state index is 12.0. The van der Waals surface area contributed by atoms with E-state index in [1.807, 2.05) is 6.92 Å². The molecule has 6 nitrogen and oxygen atoms in total. The fraction of sp³-hybridized carbons (Fsp3) is 0.667. The molecule has 0 radical (unpaired) electrons. The summed E-state index contributed by atoms with van der Waals surface area (Å²) in [5.74, 6) is 0.924. The molecule has 0 aliphatic carbocycles. The number of benzene rings is 1. The second-order valence-corrected chi connectivity index (χ2v) is 8.29. The molecule has 1 aromatic carbocycles. The second kappa shape index (κ2) is 13.9. The Labute approximate surface area is 204 Å². The average molecular weight is 543 g/mol. The molecular formula is C24H39IN4O2. The number of nitrogens with one attached hydrogen (secondary N) is 1. The van der Waals surface area contributed by atoms with Crippen LogP contribution in [0.25, 0.3) is 0 Å². The van der Waals surface area contributed by atoms with Crippen molar-refractivity contribution in [3.05, 3.63) is 35.4 Å². The molecule has 0 atom stereocenters. The predicted molar refractivity (Wildman–Crippen MR) is 137 cm³/mol. The number of nitrogens with zero attached hydrogens (tertiary/aromatic N) is 3. The number of piperidine rings is 2. The minimum atomic E-state index is -0.0503. The summed E-state index contributed by atoms with van der Waals surface area (Å²) in [4.78, 5) is 21.8. The minimum absolute atomic E-state index is 0. The van der Waals surface area contributed by atoms with Crippen molar-refractivity contribution in [2.24, 2.45) is 10.9 Å². The molecule has 174 valence electrons. The lowest BCUT2D eigenvalue weighted by Gasteiger charge is -2.33. The van der Waals surface area contributed by atoms with Gasteiger partial charge < -0.3 is 15.0 Å². The summed E-state index contributed by atoms with van der Waals surface area (Å²) in [7, 11) is 0. The Balaban J connectivity index is 0.00000341. The molecule has 1 aromatic rings. The van der Waals surface area contributed by atoms with Crippen LogP contribution < -0.4 is 5.32 Å². The van der Waals surface area contributed by atoms with Crippen LogP contribution in [0.5, 0.6) is 0 Å². The van der Waals surface area contributed by atoms with Crippen LogP contribution in [0.4, 0.5) is 0 Å². The topological polar surface area (TPSA) is 57.2 Å². The van der Waals surface area contributed by atoms with Gasteiger partial charge in [-0.15, -0.1) is 24.0 Å². The zero-order chi connectivity index (χ0) is 21.2. The first-order valence-corrected chi connectivity index (χ1v) is 11.7. The van der Waals surface area contributed by atoms with E-state index in [-0.39, 0.29) is 35.9 Å². The van der Waals surface area contributed by atoms with Crippen LogP contribution in [-0.4, -0.2) is 61.1 Å². The monoisotopic (exact) mass is 542 g/mol. The van der Waals surface area contributed by atoms with Gasteiger partial charge in [0.1, 0.15) is 0 Å². The van der Waals surface area contributed by atoms with E-state index in [2.05, 4.69) is 46.3 Å². The molecule has 0 spiro atoms. The minimum Gasteiger partial charge on any atom is -0.466 e. The summed E-state index contributed by atoms with van der Waals surface area (Å²) in [5.41, 5.74) is 2.69. The van der Waals surface area contributed by atoms with Gasteiger partial charge in [0.05, 0.1) is 19.1 Å². The molecule has 1 N–H and O–H groups in total. The highest BCUT2D eigenvalue weighted by Gasteiger charge is 2.27. The van der Waals surface area contributed by atoms with Crippen molar-refractivity contribution in [1.82, 2.24) is 15.1 Å². The smallest absolute Gasteiger partial charge is 0.309 e. The Morgan fingerprint density at radius 3 is 2.39 bits per heavy atom. The van der Waals surface area contributed by atoms with Crippen LogP contribution in [-0.2, 0) is 22.6 Å². The lowest BCUT2D eigenvalue weighted by Crippen LogP contribution is -2.46. The molecule has 2 fully saturated rings. The SMILES string of the molecule is CCNC(=NCc1ccccc1CN1CCCCC1)N1CCC(C(=O)OCC)CC1.I. The number of carbonyl (C=O) groups excluding carboxylic acids is 1. The zero-order valence-electron chi connectivity index (χ0n) is 19.1. The number of ether oxygens (including phenoxy) is 1. The normalized spacial score (nSPS) is 18.4. The molecule has 0 saturated carbocycles. The van der Waals surface area contributed by atoms with Crippen molar-refractivity contribution in [3.8, 4) is 0 Å². The van der Waals surface area contributed by atoms with Crippen molar-refractivity contribution in [1.29, 1.82) is 0 Å². The summed E-state index contributed by atoms with van der Waals surface area (Å²) in [6.45, 7) is 11.1. The Morgan fingerprint density at radius 2 is 1.74 bits per heavy atom. The number of guanidine groups is 1. The van der Waals surface area contributed by atoms with Crippen molar-refractivity contribution in [3.63, 3.8) is 0 Å². The number of aliphatic imine (C=N–C) groups is 1. The Morgan fingerprint density at radius 1 is 1.06 bits per heavy atom. The van der Waals surface area contributed by atoms with Crippen LogP contribution in [0.15, 0.2) is 29.3 Å². The summed E-state index contributed by atoms with van der Waals surface area (Å²) in [5, 5.41) is 3.44. The number of carbonyl (C=O) groups is 1. The van der Waals surface area contributed by atoms with E-state index in [0.29, 0.717) is 13.2 Å². The molecule has 2 aliphatic rings. The third-order valence-corrected chi connectivity index (χ3v) is 6.11. The van der Waals surface area contributed by atoms with E-state index in [9.17, 15) is 4.79 Å². The highest BCUT2D eigenvalue weighted by Crippen LogP contribution is 2.20. The number of esters is 1. The summed E-state index contributed by atoms with van der Waals surface area (Å²) < 4.78 is 5.20. The first-order valence-electron chi connectivity index (χ1n) is 11.7. The first-order chi connectivity index (χ1) is 14.7. The van der Waals surface area contributed by atoms with Crippen LogP contribution in [0, 0.1) is 5.92 Å². The number of halogens is 1. The third kappa shape index (κ3) is 7.93. The molecule has 2 saturated heterocycles. The molecule has 0 bridgehead atoms. The molecule has 31 heavy (non-hydrogen) atoms. The van der Waals surface area contributed by atoms with Crippen molar-refractivity contribution < 1.29 is 9.53 Å². The van der Waals surface area contributed by atoms with Gasteiger partial charge in [0.25, 0.3) is 0 Å². The van der Waals surface area contributed by atoms with Gasteiger partial charge in [-0.05, 0) is 63.7 Å². The number of rotatable bonds is 7. The van der Waals surface area contributed by atoms with Gasteiger partial charge in [0, 0.05) is 26.2 Å². The highest BCUT2D eigenvalue weighted by atomic mass is 127. The van der Waals surface area contributed by atoms with Crippen LogP contribution >= 0.6 is 24.0 Å². The molecular weight excluding hydrogens is 503 g/mol. The Hall–Kier alpha value is -1.35. The van der Waals surface area contributed by atoms with Gasteiger partial charge in [-0.25, -0.2) is 4.99 Å². The summed E-state index contributed by atoms with van der Waals surface area (Å²) >= 11 is 0. The van der Waals surface area contributed by atoms with Gasteiger partial charge >= 0.3 is 5.97 Å². The van der Waals surface area contributed by atoms with Crippen LogP contribution in [0.2, 0.25) is 0 Å². The van der Waals surface area contributed by atoms with Gasteiger partial charge in [-0.1, -0.05) is 30.7 Å². The molecule has 0 amide bonds. The molecule has 2 aliphatic heterocycles. The maximum Gasteiger partial charge on any atom is 0.309 e. The van der Waals surface area contributed by atoms with E-state index in [4.69, 9.17) is 9.73 Å². The zero-order valence-corrected chi connectivity index (χ0v) is 21.5. The molecule has 3 rings (SSSR count). The highest BCUT2D eigenvalue weighted by molar-refractivity contribution is 14.0. The van der Waals surface area contributed by atoms with E-state index in [1.165, 1.54) is 43.5 Å². The lowest BCUT2D eigenvalue weighted by molar-refractivity contribution is -0.149. The number of hydrogen-bond donors (Lipinski definition) is 1. The Kier molecular flexibility index (Phi) is 11.6. The number of likely N-dealkylation sites (tertiary alicyclic amines) is 2. The van der Waals surface area contributed by atoms with Gasteiger partial charge in [0.15, 0.2) is 5.96 Å². The average Bonchev–Trinajstić information content (AvgIpc) is 2.78. The largest absolute Gasteiger partial charge is 0.466 e. The van der Waals surface area contributed by atoms with Crippen LogP contribution in [0.1, 0.15) is 57.1 Å². The fourth-order valence-corrected chi connectivity index (χ4v) is 4.40. The quantitative estimate of drug-likeness (QED) is 0.244. The maximum absolute atomic E-state index is 12.0. The van der Waals surface area contributed by atoms with Gasteiger partial charge in [-0.2, -0.15) is 0 Å². The van der Waals surface area contributed by atoms with E-state index in [1.54, 1.807) is 0 Å². The molecule has 7 heteroatoms. The van der Waals surface area contributed by atoms with Crippen LogP contribution in [0.3, 0.4) is 0 Å². The van der Waals surface area contributed by atoms with E-state index >= 15 is 0 Å². The molecule has 2 heterocycles. The lowest BCUT2D eigenvalue weighted by atomic mass is 9.97. The number of hydrogen-bond acceptors (Lipinski definition) is 4. The molecule has 0 aromatic heterocycles. The summed E-state index contributed by atoms with van der Waals surface area (Å²) in [6, 6.07) is 8.71. The van der Waals surface area contributed by atoms with Crippen molar-refractivity contribution in [2.75, 3.05) is 39.3 Å². The van der Waals surface area contributed by atoms with Gasteiger partial charge in [-0.3, -0.25) is 9.69 Å². The standard InChI is InChI=1S/C24H38N4O2.HI/c1-3-25-24(28-16-12-20(13-17-28)23(29)30-4-2)26-18-21-10-6-7-11-22(21)19-27-14-8-5-9-15-27;/h6-7,10-11,20H,3-5,8-9,12-19H2,1-2H3,(H,25,26);1H. The van der Waals surface area contributed by atoms with Crippen molar-refractivity contribution in [2.45, 2.75) is 59.0 Å². The van der Waals surface area contributed by atoms with E-state index in [0.717, 1.165) is 45.0 Å². The first kappa shape index (κ1) is 25.9. The Bertz CT molecular complexity index is 699. The fourth-order valence-electron chi connectivity index (χ4n) is 4.40. The van der Waals surface area contributed by atoms with E-state index < -0.39 is 0 Å². The molecule has 0 unspecified atom stereocenters. The van der Waals surface area contributed by atoms with Gasteiger partial charge in [0.2, 0.25) is 0 Å². The predicted octanol–water partition coefficient (Wildman–Crippen LogP) is 4.03. The third-order valence-electron chi connectivity index (χ3n) is 6.11. The second-order valence-electron chi connectivity index (χ2n) is 8.29. The summed E-state index contributed by atoms with van der Waals surface area (Å²) in [6.07, 6.45) is 5.64.